The van der Waals surface area contributed by atoms with E-state index in [1.807, 2.05) is 26.2 Å². The van der Waals surface area contributed by atoms with Gasteiger partial charge in [-0.25, -0.2) is 4.39 Å². The molecule has 4 heteroatoms. The van der Waals surface area contributed by atoms with Gasteiger partial charge in [-0.15, -0.1) is 0 Å². The van der Waals surface area contributed by atoms with E-state index in [1.54, 1.807) is 0 Å². The van der Waals surface area contributed by atoms with Gasteiger partial charge in [-0.1, -0.05) is 28.9 Å². The van der Waals surface area contributed by atoms with E-state index in [2.05, 4.69) is 33.1 Å². The molecule has 1 rings (SSSR count). The minimum absolute atomic E-state index is 0.133. The van der Waals surface area contributed by atoms with E-state index < -0.39 is 0 Å². The van der Waals surface area contributed by atoms with Crippen LogP contribution in [0.15, 0.2) is 22.7 Å². The molecule has 0 aliphatic heterocycles. The van der Waals surface area contributed by atoms with Crippen molar-refractivity contribution in [1.29, 1.82) is 0 Å². The molecule has 2 nitrogen and oxygen atoms in total. The molecule has 0 radical (unpaired) electrons. The Kier molecular flexibility index (Phi) is 6.82. The largest absolute Gasteiger partial charge is 0.312 e. The average molecular weight is 317 g/mol. The molecule has 1 N–H and O–H groups in total. The van der Waals surface area contributed by atoms with Gasteiger partial charge in [-0.3, -0.25) is 0 Å². The third-order valence-electron chi connectivity index (χ3n) is 2.75. The summed E-state index contributed by atoms with van der Waals surface area (Å²) in [5.41, 5.74) is 0.772. The van der Waals surface area contributed by atoms with Crippen LogP contribution in [0.5, 0.6) is 0 Å². The zero-order valence-electron chi connectivity index (χ0n) is 11.3. The van der Waals surface area contributed by atoms with Crippen LogP contribution < -0.4 is 5.32 Å². The van der Waals surface area contributed by atoms with E-state index in [-0.39, 0.29) is 11.9 Å². The second-order valence-corrected chi connectivity index (χ2v) is 5.77. The first-order valence-corrected chi connectivity index (χ1v) is 7.14. The van der Waals surface area contributed by atoms with Crippen LogP contribution in [-0.2, 0) is 6.42 Å². The Morgan fingerprint density at radius 3 is 2.67 bits per heavy atom. The first-order valence-electron chi connectivity index (χ1n) is 6.35. The van der Waals surface area contributed by atoms with Crippen LogP contribution >= 0.6 is 15.9 Å². The highest BCUT2D eigenvalue weighted by molar-refractivity contribution is 9.10. The van der Waals surface area contributed by atoms with Crippen LogP contribution in [0, 0.1) is 5.82 Å². The molecule has 18 heavy (non-hydrogen) atoms. The number of hydrogen-bond acceptors (Lipinski definition) is 2. The molecule has 0 saturated heterocycles. The minimum atomic E-state index is -0.133. The quantitative estimate of drug-likeness (QED) is 0.831. The lowest BCUT2D eigenvalue weighted by Gasteiger charge is -2.22. The summed E-state index contributed by atoms with van der Waals surface area (Å²) < 4.78 is 14.6. The van der Waals surface area contributed by atoms with Crippen LogP contribution in [0.2, 0.25) is 0 Å². The van der Waals surface area contributed by atoms with Gasteiger partial charge in [-0.05, 0) is 51.2 Å². The molecule has 0 aromatic heterocycles. The first kappa shape index (κ1) is 15.6. The maximum atomic E-state index is 13.8. The van der Waals surface area contributed by atoms with Gasteiger partial charge in [-0.2, -0.15) is 0 Å². The number of rotatable bonds is 7. The highest BCUT2D eigenvalue weighted by Gasteiger charge is 2.12. The summed E-state index contributed by atoms with van der Waals surface area (Å²) in [6.45, 7) is 4.02. The highest BCUT2D eigenvalue weighted by atomic mass is 79.9. The summed E-state index contributed by atoms with van der Waals surface area (Å²) in [6, 6.07) is 5.57. The van der Waals surface area contributed by atoms with E-state index in [9.17, 15) is 4.39 Å². The maximum absolute atomic E-state index is 13.8. The maximum Gasteiger partial charge on any atom is 0.127 e. The summed E-state index contributed by atoms with van der Waals surface area (Å²) in [5.74, 6) is -0.133. The Bertz CT molecular complexity index is 369. The fraction of sp³-hybridized carbons (Fsp3) is 0.571. The minimum Gasteiger partial charge on any atom is -0.312 e. The van der Waals surface area contributed by atoms with Gasteiger partial charge in [0.25, 0.3) is 0 Å². The number of likely N-dealkylation sites (N-methyl/N-ethyl adjacent to an activating group) is 1. The van der Waals surface area contributed by atoms with Crippen molar-refractivity contribution < 1.29 is 4.39 Å². The lowest BCUT2D eigenvalue weighted by atomic mass is 10.0. The van der Waals surface area contributed by atoms with E-state index in [0.717, 1.165) is 36.0 Å². The van der Waals surface area contributed by atoms with Crippen molar-refractivity contribution in [3.05, 3.63) is 34.1 Å². The lowest BCUT2D eigenvalue weighted by Crippen LogP contribution is -2.40. The normalized spacial score (nSPS) is 13.0. The Balaban J connectivity index is 2.68. The SMILES string of the molecule is CCCNC(Cc1ccc(Br)cc1F)CN(C)C. The predicted molar refractivity (Wildman–Crippen MR) is 78.4 cm³/mol. The lowest BCUT2D eigenvalue weighted by molar-refractivity contribution is 0.334. The number of benzene rings is 1. The summed E-state index contributed by atoms with van der Waals surface area (Å²) in [7, 11) is 4.08. The van der Waals surface area contributed by atoms with Gasteiger partial charge >= 0.3 is 0 Å². The molecule has 0 fully saturated rings. The third kappa shape index (κ3) is 5.46. The molecular weight excluding hydrogens is 295 g/mol. The third-order valence-corrected chi connectivity index (χ3v) is 3.24. The van der Waals surface area contributed by atoms with Gasteiger partial charge in [0.2, 0.25) is 0 Å². The fourth-order valence-electron chi connectivity index (χ4n) is 1.94. The van der Waals surface area contributed by atoms with Crippen LogP contribution in [0.25, 0.3) is 0 Å². The molecule has 0 aliphatic carbocycles. The molecule has 0 bridgehead atoms. The number of halogens is 2. The molecule has 102 valence electrons. The monoisotopic (exact) mass is 316 g/mol. The number of nitrogens with zero attached hydrogens (tertiary/aromatic N) is 1. The predicted octanol–water partition coefficient (Wildman–Crippen LogP) is 3.06. The van der Waals surface area contributed by atoms with Gasteiger partial charge in [0.05, 0.1) is 0 Å². The van der Waals surface area contributed by atoms with E-state index in [0.29, 0.717) is 0 Å². The molecular formula is C14H22BrFN2. The smallest absolute Gasteiger partial charge is 0.127 e. The van der Waals surface area contributed by atoms with Crippen molar-refractivity contribution in [2.45, 2.75) is 25.8 Å². The van der Waals surface area contributed by atoms with Gasteiger partial charge in [0.15, 0.2) is 0 Å². The van der Waals surface area contributed by atoms with Gasteiger partial charge in [0, 0.05) is 17.1 Å². The zero-order valence-corrected chi connectivity index (χ0v) is 12.9. The van der Waals surface area contributed by atoms with Crippen molar-refractivity contribution in [2.75, 3.05) is 27.2 Å². The second-order valence-electron chi connectivity index (χ2n) is 4.85. The fourth-order valence-corrected chi connectivity index (χ4v) is 2.28. The van der Waals surface area contributed by atoms with Gasteiger partial charge in [0.1, 0.15) is 5.82 Å². The average Bonchev–Trinajstić information content (AvgIpc) is 2.29. The Morgan fingerprint density at radius 2 is 2.11 bits per heavy atom. The van der Waals surface area contributed by atoms with Crippen molar-refractivity contribution in [3.8, 4) is 0 Å². The molecule has 0 spiro atoms. The van der Waals surface area contributed by atoms with Crippen molar-refractivity contribution in [2.24, 2.45) is 0 Å². The van der Waals surface area contributed by atoms with Crippen LogP contribution in [0.4, 0.5) is 4.39 Å². The molecule has 1 aromatic carbocycles. The van der Waals surface area contributed by atoms with E-state index >= 15 is 0 Å². The second kappa shape index (κ2) is 7.87. The molecule has 0 amide bonds. The molecule has 1 atom stereocenters. The molecule has 0 heterocycles. The molecule has 1 aromatic rings. The summed E-state index contributed by atoms with van der Waals surface area (Å²) >= 11 is 3.28. The van der Waals surface area contributed by atoms with Crippen molar-refractivity contribution >= 4 is 15.9 Å². The number of nitrogens with one attached hydrogen (secondary N) is 1. The van der Waals surface area contributed by atoms with Crippen LogP contribution in [-0.4, -0.2) is 38.1 Å². The number of hydrogen-bond donors (Lipinski definition) is 1. The van der Waals surface area contributed by atoms with Gasteiger partial charge < -0.3 is 10.2 Å². The van der Waals surface area contributed by atoms with Crippen LogP contribution in [0.1, 0.15) is 18.9 Å². The molecule has 1 unspecified atom stereocenters. The first-order chi connectivity index (χ1) is 8.52. The summed E-state index contributed by atoms with van der Waals surface area (Å²) in [6.07, 6.45) is 1.81. The topological polar surface area (TPSA) is 15.3 Å². The summed E-state index contributed by atoms with van der Waals surface area (Å²) in [5, 5.41) is 3.47. The van der Waals surface area contributed by atoms with Crippen molar-refractivity contribution in [3.63, 3.8) is 0 Å². The molecule has 0 saturated carbocycles. The van der Waals surface area contributed by atoms with Crippen LogP contribution in [0.3, 0.4) is 0 Å². The molecule has 0 aliphatic rings. The Morgan fingerprint density at radius 1 is 1.39 bits per heavy atom. The zero-order chi connectivity index (χ0) is 13.5. The summed E-state index contributed by atoms with van der Waals surface area (Å²) in [4.78, 5) is 2.13. The van der Waals surface area contributed by atoms with E-state index in [1.165, 1.54) is 6.07 Å². The standard InChI is InChI=1S/C14H22BrFN2/c1-4-7-17-13(10-18(2)3)8-11-5-6-12(15)9-14(11)16/h5-6,9,13,17H,4,7-8,10H2,1-3H3. The highest BCUT2D eigenvalue weighted by Crippen LogP contribution is 2.16. The van der Waals surface area contributed by atoms with E-state index in [4.69, 9.17) is 0 Å². The van der Waals surface area contributed by atoms with Crippen molar-refractivity contribution in [1.82, 2.24) is 10.2 Å². The Hall–Kier alpha value is -0.450. The Labute approximate surface area is 118 Å².